The number of rotatable bonds is 3. The zero-order valence-corrected chi connectivity index (χ0v) is 15.1. The Morgan fingerprint density at radius 3 is 2.70 bits per heavy atom. The number of amides is 2. The molecule has 2 heterocycles. The van der Waals surface area contributed by atoms with E-state index >= 15 is 0 Å². The maximum Gasteiger partial charge on any atom is 0.317 e. The number of carbonyl (C=O) groups is 1. The molecule has 1 fully saturated rings. The molecule has 0 aliphatic carbocycles. The minimum Gasteiger partial charge on any atom is -0.371 e. The molecule has 0 saturated carbocycles. The summed E-state index contributed by atoms with van der Waals surface area (Å²) in [5.74, 6) is -1.35. The fourth-order valence-electron chi connectivity index (χ4n) is 3.93. The Labute approximate surface area is 157 Å². The summed E-state index contributed by atoms with van der Waals surface area (Å²) in [4.78, 5) is 16.4. The van der Waals surface area contributed by atoms with Gasteiger partial charge in [0.1, 0.15) is 0 Å². The van der Waals surface area contributed by atoms with Crippen LogP contribution in [-0.2, 0) is 13.0 Å². The molecule has 2 aromatic rings. The average molecular weight is 371 g/mol. The lowest BCUT2D eigenvalue weighted by Gasteiger charge is -2.29. The van der Waals surface area contributed by atoms with Gasteiger partial charge in [0.15, 0.2) is 11.6 Å². The highest BCUT2D eigenvalue weighted by atomic mass is 19.2. The molecule has 2 aromatic carbocycles. The largest absolute Gasteiger partial charge is 0.371 e. The molecule has 0 bridgehead atoms. The summed E-state index contributed by atoms with van der Waals surface area (Å²) in [5.41, 5.74) is 3.22. The SMILES string of the molecule is O=C(NC[C@H]1CCN(c2ccc(F)c(F)c2)C1)N1CCc2ccccc2C1. The van der Waals surface area contributed by atoms with Gasteiger partial charge < -0.3 is 15.1 Å². The van der Waals surface area contributed by atoms with Gasteiger partial charge in [0.2, 0.25) is 0 Å². The number of hydrogen-bond acceptors (Lipinski definition) is 2. The first-order valence-corrected chi connectivity index (χ1v) is 9.40. The van der Waals surface area contributed by atoms with Gasteiger partial charge in [0.05, 0.1) is 0 Å². The van der Waals surface area contributed by atoms with Crippen LogP contribution in [0.3, 0.4) is 0 Å². The van der Waals surface area contributed by atoms with Gasteiger partial charge in [-0.25, -0.2) is 13.6 Å². The quantitative estimate of drug-likeness (QED) is 0.896. The standard InChI is InChI=1S/C21H23F2N3O/c22-19-6-5-18(11-20(19)23)25-9-7-15(13-25)12-24-21(27)26-10-8-16-3-1-2-4-17(16)14-26/h1-6,11,15H,7-10,12-14H2,(H,24,27)/t15-/m1/s1. The van der Waals surface area contributed by atoms with Crippen molar-refractivity contribution in [1.29, 1.82) is 0 Å². The first-order valence-electron chi connectivity index (χ1n) is 9.40. The first kappa shape index (κ1) is 17.8. The molecule has 2 aliphatic heterocycles. The third-order valence-corrected chi connectivity index (χ3v) is 5.51. The zero-order chi connectivity index (χ0) is 18.8. The lowest BCUT2D eigenvalue weighted by molar-refractivity contribution is 0.191. The van der Waals surface area contributed by atoms with Gasteiger partial charge in [-0.05, 0) is 42.0 Å². The lowest BCUT2D eigenvalue weighted by atomic mass is 10.0. The monoisotopic (exact) mass is 371 g/mol. The number of hydrogen-bond donors (Lipinski definition) is 1. The van der Waals surface area contributed by atoms with Crippen molar-refractivity contribution in [3.8, 4) is 0 Å². The molecule has 142 valence electrons. The van der Waals surface area contributed by atoms with Crippen LogP contribution in [0.2, 0.25) is 0 Å². The van der Waals surface area contributed by atoms with Crippen molar-refractivity contribution in [3.63, 3.8) is 0 Å². The Morgan fingerprint density at radius 1 is 1.07 bits per heavy atom. The van der Waals surface area contributed by atoms with Crippen LogP contribution in [0.1, 0.15) is 17.5 Å². The van der Waals surface area contributed by atoms with E-state index in [4.69, 9.17) is 0 Å². The highest BCUT2D eigenvalue weighted by molar-refractivity contribution is 5.74. The van der Waals surface area contributed by atoms with E-state index in [0.717, 1.165) is 38.5 Å². The Hall–Kier alpha value is -2.63. The van der Waals surface area contributed by atoms with Crippen molar-refractivity contribution in [2.24, 2.45) is 5.92 Å². The van der Waals surface area contributed by atoms with Crippen LogP contribution in [0.15, 0.2) is 42.5 Å². The average Bonchev–Trinajstić information content (AvgIpc) is 3.17. The highest BCUT2D eigenvalue weighted by Gasteiger charge is 2.25. The maximum atomic E-state index is 13.4. The summed E-state index contributed by atoms with van der Waals surface area (Å²) in [6.07, 6.45) is 1.80. The fraction of sp³-hybridized carbons (Fsp3) is 0.381. The second-order valence-corrected chi connectivity index (χ2v) is 7.33. The summed E-state index contributed by atoms with van der Waals surface area (Å²) in [6.45, 7) is 3.48. The Kier molecular flexibility index (Phi) is 4.97. The second-order valence-electron chi connectivity index (χ2n) is 7.33. The van der Waals surface area contributed by atoms with Crippen LogP contribution in [0.4, 0.5) is 19.3 Å². The molecule has 1 saturated heterocycles. The van der Waals surface area contributed by atoms with E-state index in [9.17, 15) is 13.6 Å². The number of urea groups is 1. The molecular formula is C21H23F2N3O. The second kappa shape index (κ2) is 7.55. The van der Waals surface area contributed by atoms with Gasteiger partial charge in [-0.1, -0.05) is 24.3 Å². The number of halogens is 2. The van der Waals surface area contributed by atoms with Crippen molar-refractivity contribution in [3.05, 3.63) is 65.2 Å². The number of nitrogens with zero attached hydrogens (tertiary/aromatic N) is 2. The number of carbonyl (C=O) groups excluding carboxylic acids is 1. The molecule has 27 heavy (non-hydrogen) atoms. The van der Waals surface area contributed by atoms with Crippen molar-refractivity contribution < 1.29 is 13.6 Å². The van der Waals surface area contributed by atoms with Gasteiger partial charge >= 0.3 is 6.03 Å². The fourth-order valence-corrected chi connectivity index (χ4v) is 3.93. The third kappa shape index (κ3) is 3.89. The maximum absolute atomic E-state index is 13.4. The molecule has 1 atom stereocenters. The van der Waals surface area contributed by atoms with E-state index in [1.807, 2.05) is 21.9 Å². The Balaban J connectivity index is 1.28. The topological polar surface area (TPSA) is 35.6 Å². The number of fused-ring (bicyclic) bond motifs is 1. The molecule has 2 aliphatic rings. The summed E-state index contributed by atoms with van der Waals surface area (Å²) < 4.78 is 26.5. The summed E-state index contributed by atoms with van der Waals surface area (Å²) in [7, 11) is 0. The van der Waals surface area contributed by atoms with Crippen molar-refractivity contribution in [1.82, 2.24) is 10.2 Å². The van der Waals surface area contributed by atoms with Crippen LogP contribution in [0, 0.1) is 17.6 Å². The summed E-state index contributed by atoms with van der Waals surface area (Å²) in [6, 6.07) is 12.2. The van der Waals surface area contributed by atoms with E-state index in [0.29, 0.717) is 24.7 Å². The predicted octanol–water partition coefficient (Wildman–Crippen LogP) is 3.56. The zero-order valence-electron chi connectivity index (χ0n) is 15.1. The molecule has 2 amide bonds. The normalized spacial score (nSPS) is 19.1. The van der Waals surface area contributed by atoms with Gasteiger partial charge in [0.25, 0.3) is 0 Å². The minimum atomic E-state index is -0.829. The van der Waals surface area contributed by atoms with E-state index in [2.05, 4.69) is 17.4 Å². The van der Waals surface area contributed by atoms with Gasteiger partial charge in [-0.2, -0.15) is 0 Å². The third-order valence-electron chi connectivity index (χ3n) is 5.51. The summed E-state index contributed by atoms with van der Waals surface area (Å²) in [5, 5.41) is 3.04. The predicted molar refractivity (Wildman–Crippen MR) is 101 cm³/mol. The van der Waals surface area contributed by atoms with E-state index in [-0.39, 0.29) is 6.03 Å². The lowest BCUT2D eigenvalue weighted by Crippen LogP contribution is -2.44. The van der Waals surface area contributed by atoms with Gasteiger partial charge in [0, 0.05) is 44.5 Å². The highest BCUT2D eigenvalue weighted by Crippen LogP contribution is 2.25. The van der Waals surface area contributed by atoms with E-state index in [1.165, 1.54) is 17.2 Å². The van der Waals surface area contributed by atoms with Gasteiger partial charge in [-0.3, -0.25) is 0 Å². The molecule has 0 aromatic heterocycles. The number of anilines is 1. The van der Waals surface area contributed by atoms with Crippen LogP contribution in [0.5, 0.6) is 0 Å². The molecule has 4 nitrogen and oxygen atoms in total. The Morgan fingerprint density at radius 2 is 1.89 bits per heavy atom. The molecular weight excluding hydrogens is 348 g/mol. The molecule has 0 unspecified atom stereocenters. The minimum absolute atomic E-state index is 0.0317. The van der Waals surface area contributed by atoms with Crippen molar-refractivity contribution in [2.75, 3.05) is 31.1 Å². The first-order chi connectivity index (χ1) is 13.1. The van der Waals surface area contributed by atoms with Crippen molar-refractivity contribution >= 4 is 11.7 Å². The Bertz CT molecular complexity index is 842. The molecule has 0 spiro atoms. The van der Waals surface area contributed by atoms with Crippen LogP contribution in [-0.4, -0.2) is 37.1 Å². The van der Waals surface area contributed by atoms with Crippen LogP contribution in [0.25, 0.3) is 0 Å². The number of nitrogens with one attached hydrogen (secondary N) is 1. The molecule has 1 N–H and O–H groups in total. The van der Waals surface area contributed by atoms with E-state index < -0.39 is 11.6 Å². The number of benzene rings is 2. The van der Waals surface area contributed by atoms with E-state index in [1.54, 1.807) is 6.07 Å². The smallest absolute Gasteiger partial charge is 0.317 e. The molecule has 4 rings (SSSR count). The van der Waals surface area contributed by atoms with Crippen molar-refractivity contribution in [2.45, 2.75) is 19.4 Å². The van der Waals surface area contributed by atoms with Crippen LogP contribution >= 0.6 is 0 Å². The van der Waals surface area contributed by atoms with Gasteiger partial charge in [-0.15, -0.1) is 0 Å². The van der Waals surface area contributed by atoms with Crippen LogP contribution < -0.4 is 10.2 Å². The molecule has 6 heteroatoms. The summed E-state index contributed by atoms with van der Waals surface area (Å²) >= 11 is 0. The molecule has 0 radical (unpaired) electrons.